The lowest BCUT2D eigenvalue weighted by Gasteiger charge is -2.17. The van der Waals surface area contributed by atoms with E-state index in [9.17, 15) is 0 Å². The molecule has 1 unspecified atom stereocenters. The van der Waals surface area contributed by atoms with Crippen molar-refractivity contribution in [1.29, 1.82) is 0 Å². The van der Waals surface area contributed by atoms with Crippen LogP contribution in [0.5, 0.6) is 5.75 Å². The summed E-state index contributed by atoms with van der Waals surface area (Å²) in [5.41, 5.74) is 3.16. The Morgan fingerprint density at radius 2 is 2.00 bits per heavy atom. The average molecular weight is 324 g/mol. The van der Waals surface area contributed by atoms with Gasteiger partial charge in [-0.3, -0.25) is 0 Å². The normalized spacial score (nSPS) is 12.7. The molecule has 5 heteroatoms. The molecule has 0 bridgehead atoms. The molecule has 0 spiro atoms. The first-order chi connectivity index (χ1) is 11.5. The van der Waals surface area contributed by atoms with Crippen molar-refractivity contribution in [2.75, 3.05) is 0 Å². The van der Waals surface area contributed by atoms with Crippen molar-refractivity contribution in [3.63, 3.8) is 0 Å². The summed E-state index contributed by atoms with van der Waals surface area (Å²) in [4.78, 5) is 9.11. The van der Waals surface area contributed by atoms with Gasteiger partial charge >= 0.3 is 0 Å². The van der Waals surface area contributed by atoms with Gasteiger partial charge in [0.05, 0.1) is 5.35 Å². The Kier molecular flexibility index (Phi) is 4.51. The summed E-state index contributed by atoms with van der Waals surface area (Å²) in [7, 11) is 0. The minimum Gasteiger partial charge on any atom is -0.484 e. The highest BCUT2D eigenvalue weighted by Crippen LogP contribution is 2.26. The van der Waals surface area contributed by atoms with Gasteiger partial charge in [0.25, 0.3) is 5.78 Å². The summed E-state index contributed by atoms with van der Waals surface area (Å²) in [5, 5.41) is 5.26. The molecule has 3 aromatic rings. The lowest BCUT2D eigenvalue weighted by molar-refractivity contribution is 0.194. The van der Waals surface area contributed by atoms with Crippen LogP contribution in [0, 0.1) is 13.8 Å². The maximum Gasteiger partial charge on any atom is 0.253 e. The molecule has 0 aliphatic heterocycles. The molecule has 2 heterocycles. The van der Waals surface area contributed by atoms with Crippen molar-refractivity contribution >= 4 is 12.4 Å². The van der Waals surface area contributed by atoms with Crippen LogP contribution in [0.3, 0.4) is 0 Å². The summed E-state index contributed by atoms with van der Waals surface area (Å²) in [6.45, 7) is 12.5. The molecule has 0 radical (unpaired) electrons. The quantitative estimate of drug-likeness (QED) is 0.698. The third-order valence-electron chi connectivity index (χ3n) is 4.15. The average Bonchev–Trinajstić information content (AvgIpc) is 3.07. The molecule has 0 aliphatic carbocycles. The van der Waals surface area contributed by atoms with Crippen molar-refractivity contribution in [2.24, 2.45) is 0 Å². The lowest BCUT2D eigenvalue weighted by Crippen LogP contribution is -2.19. The summed E-state index contributed by atoms with van der Waals surface area (Å²) in [6.07, 6.45) is 2.52. The second-order valence-electron chi connectivity index (χ2n) is 6.22. The van der Waals surface area contributed by atoms with Crippen LogP contribution < -0.4 is 10.1 Å². The number of ether oxygens (including phenoxy) is 1. The van der Waals surface area contributed by atoms with Crippen LogP contribution in [-0.2, 0) is 6.42 Å². The van der Waals surface area contributed by atoms with Crippen LogP contribution in [0.25, 0.3) is 12.4 Å². The number of aromatic nitrogens is 4. The zero-order valence-corrected chi connectivity index (χ0v) is 14.8. The molecule has 0 aliphatic rings. The fourth-order valence-electron chi connectivity index (χ4n) is 2.88. The van der Waals surface area contributed by atoms with Crippen molar-refractivity contribution in [3.8, 4) is 5.75 Å². The first-order valence-electron chi connectivity index (χ1n) is 8.51. The van der Waals surface area contributed by atoms with Crippen molar-refractivity contribution < 1.29 is 4.74 Å². The van der Waals surface area contributed by atoms with E-state index in [4.69, 9.17) is 4.74 Å². The van der Waals surface area contributed by atoms with E-state index in [1.807, 2.05) is 6.07 Å². The zero-order chi connectivity index (χ0) is 17.3. The van der Waals surface area contributed by atoms with Gasteiger partial charge in [0.2, 0.25) is 0 Å². The Bertz CT molecular complexity index is 900. The van der Waals surface area contributed by atoms with E-state index in [0.29, 0.717) is 5.78 Å². The molecule has 0 saturated carbocycles. The SMILES string of the molecule is C=c1c(C(CC)Oc2ccc(C)cc2C)nc2nc(CCC)nn12. The molecule has 126 valence electrons. The lowest BCUT2D eigenvalue weighted by atomic mass is 10.1. The van der Waals surface area contributed by atoms with Crippen LogP contribution in [-0.4, -0.2) is 19.6 Å². The van der Waals surface area contributed by atoms with Crippen LogP contribution in [0.2, 0.25) is 0 Å². The largest absolute Gasteiger partial charge is 0.484 e. The number of hydrogen-bond donors (Lipinski definition) is 0. The fourth-order valence-corrected chi connectivity index (χ4v) is 2.88. The monoisotopic (exact) mass is 324 g/mol. The predicted molar refractivity (Wildman–Crippen MR) is 95.1 cm³/mol. The first kappa shape index (κ1) is 16.4. The summed E-state index contributed by atoms with van der Waals surface area (Å²) in [5.74, 6) is 2.31. The van der Waals surface area contributed by atoms with Gasteiger partial charge in [0.15, 0.2) is 5.82 Å². The molecule has 1 aromatic carbocycles. The topological polar surface area (TPSA) is 52.3 Å². The second-order valence-corrected chi connectivity index (χ2v) is 6.22. The van der Waals surface area contributed by atoms with E-state index in [0.717, 1.165) is 47.4 Å². The molecule has 1 atom stereocenters. The summed E-state index contributed by atoms with van der Waals surface area (Å²) < 4.78 is 7.95. The van der Waals surface area contributed by atoms with Gasteiger partial charge in [0.1, 0.15) is 17.5 Å². The molecule has 0 saturated heterocycles. The molecule has 24 heavy (non-hydrogen) atoms. The first-order valence-corrected chi connectivity index (χ1v) is 8.51. The van der Waals surface area contributed by atoms with Crippen molar-refractivity contribution in [1.82, 2.24) is 19.6 Å². The molecule has 0 N–H and O–H groups in total. The Hall–Kier alpha value is -2.43. The molecule has 0 amide bonds. The Labute approximate surface area is 142 Å². The highest BCUT2D eigenvalue weighted by Gasteiger charge is 2.20. The van der Waals surface area contributed by atoms with Crippen LogP contribution in [0.1, 0.15) is 55.4 Å². The number of imidazole rings is 1. The standard InChI is InChI=1S/C19H24N4O/c1-6-8-17-20-19-21-18(14(5)23(19)22-17)15(7-2)24-16-10-9-12(3)11-13(16)4/h9-11,15H,5-8H2,1-4H3. The van der Waals surface area contributed by atoms with E-state index in [2.05, 4.69) is 61.5 Å². The fraction of sp³-hybridized carbons (Fsp3) is 0.421. The number of aryl methyl sites for hydroxylation is 3. The van der Waals surface area contributed by atoms with Gasteiger partial charge in [-0.25, -0.2) is 4.98 Å². The minimum atomic E-state index is -0.156. The predicted octanol–water partition coefficient (Wildman–Crippen LogP) is 3.35. The molecule has 3 rings (SSSR count). The van der Waals surface area contributed by atoms with E-state index in [-0.39, 0.29) is 6.10 Å². The van der Waals surface area contributed by atoms with Crippen LogP contribution in [0.15, 0.2) is 18.2 Å². The number of nitrogens with zero attached hydrogens (tertiary/aromatic N) is 4. The molecular weight excluding hydrogens is 300 g/mol. The Morgan fingerprint density at radius 1 is 1.21 bits per heavy atom. The maximum atomic E-state index is 6.22. The second kappa shape index (κ2) is 6.59. The third-order valence-corrected chi connectivity index (χ3v) is 4.15. The van der Waals surface area contributed by atoms with Gasteiger partial charge < -0.3 is 4.74 Å². The number of benzene rings is 1. The third kappa shape index (κ3) is 2.98. The summed E-state index contributed by atoms with van der Waals surface area (Å²) >= 11 is 0. The van der Waals surface area contributed by atoms with Gasteiger partial charge in [-0.1, -0.05) is 38.1 Å². The van der Waals surface area contributed by atoms with Crippen molar-refractivity contribution in [3.05, 3.63) is 46.2 Å². The number of fused-ring (bicyclic) bond motifs is 1. The van der Waals surface area contributed by atoms with Gasteiger partial charge in [-0.2, -0.15) is 9.50 Å². The van der Waals surface area contributed by atoms with Crippen LogP contribution >= 0.6 is 0 Å². The maximum absolute atomic E-state index is 6.22. The Balaban J connectivity index is 1.93. The highest BCUT2D eigenvalue weighted by molar-refractivity contribution is 5.37. The zero-order valence-electron chi connectivity index (χ0n) is 14.8. The molecule has 2 aromatic heterocycles. The van der Waals surface area contributed by atoms with E-state index < -0.39 is 0 Å². The number of hydrogen-bond acceptors (Lipinski definition) is 4. The van der Waals surface area contributed by atoms with E-state index >= 15 is 0 Å². The van der Waals surface area contributed by atoms with Gasteiger partial charge in [-0.05, 0) is 38.3 Å². The molecule has 5 nitrogen and oxygen atoms in total. The van der Waals surface area contributed by atoms with Gasteiger partial charge in [0, 0.05) is 6.42 Å². The van der Waals surface area contributed by atoms with E-state index in [1.165, 1.54) is 5.56 Å². The smallest absolute Gasteiger partial charge is 0.253 e. The van der Waals surface area contributed by atoms with Crippen molar-refractivity contribution in [2.45, 2.75) is 53.1 Å². The van der Waals surface area contributed by atoms with E-state index in [1.54, 1.807) is 4.52 Å². The molecular formula is C19H24N4O. The number of rotatable bonds is 6. The summed E-state index contributed by atoms with van der Waals surface area (Å²) in [6, 6.07) is 6.20. The highest BCUT2D eigenvalue weighted by atomic mass is 16.5. The minimum absolute atomic E-state index is 0.156. The molecule has 0 fully saturated rings. The Morgan fingerprint density at radius 3 is 2.62 bits per heavy atom. The van der Waals surface area contributed by atoms with Gasteiger partial charge in [-0.15, -0.1) is 5.10 Å². The van der Waals surface area contributed by atoms with Crippen LogP contribution in [0.4, 0.5) is 0 Å².